The van der Waals surface area contributed by atoms with Gasteiger partial charge in [-0.25, -0.2) is 4.98 Å². The van der Waals surface area contributed by atoms with Gasteiger partial charge in [-0.1, -0.05) is 12.1 Å². The zero-order valence-electron chi connectivity index (χ0n) is 9.57. The lowest BCUT2D eigenvalue weighted by Gasteiger charge is -2.09. The van der Waals surface area contributed by atoms with Gasteiger partial charge in [0.25, 0.3) is 0 Å². The number of pyridine rings is 1. The maximum Gasteiger partial charge on any atom is 0.416 e. The van der Waals surface area contributed by atoms with Crippen molar-refractivity contribution in [1.29, 1.82) is 5.26 Å². The summed E-state index contributed by atoms with van der Waals surface area (Å²) in [5.74, 6) is 0. The molecule has 0 aliphatic carbocycles. The smallest absolute Gasteiger partial charge is 0.397 e. The van der Waals surface area contributed by atoms with Crippen LogP contribution in [0.3, 0.4) is 0 Å². The first-order valence-electron chi connectivity index (χ1n) is 5.26. The van der Waals surface area contributed by atoms with E-state index in [1.165, 1.54) is 24.3 Å². The summed E-state index contributed by atoms with van der Waals surface area (Å²) in [5, 5.41) is 8.75. The number of nitrogens with zero attached hydrogens (tertiary/aromatic N) is 2. The van der Waals surface area contributed by atoms with Gasteiger partial charge in [0.15, 0.2) is 0 Å². The SMILES string of the molecule is N#Cc1ccc(N)c(-c2cccc(C(F)(F)F)c2)n1. The Bertz CT molecular complexity index is 657. The van der Waals surface area contributed by atoms with Crippen molar-refractivity contribution in [1.82, 2.24) is 4.98 Å². The third kappa shape index (κ3) is 2.65. The normalized spacial score (nSPS) is 11.1. The van der Waals surface area contributed by atoms with E-state index in [-0.39, 0.29) is 22.6 Å². The molecule has 6 heteroatoms. The first-order chi connectivity index (χ1) is 8.91. The van der Waals surface area contributed by atoms with Crippen LogP contribution in [0.5, 0.6) is 0 Å². The number of nitriles is 1. The summed E-state index contributed by atoms with van der Waals surface area (Å²) >= 11 is 0. The number of benzene rings is 1. The van der Waals surface area contributed by atoms with Gasteiger partial charge in [-0.2, -0.15) is 18.4 Å². The lowest BCUT2D eigenvalue weighted by Crippen LogP contribution is -2.05. The zero-order chi connectivity index (χ0) is 14.0. The molecule has 2 N–H and O–H groups in total. The van der Waals surface area contributed by atoms with Gasteiger partial charge in [0.2, 0.25) is 0 Å². The van der Waals surface area contributed by atoms with Crippen LogP contribution in [-0.2, 0) is 6.18 Å². The first kappa shape index (κ1) is 12.9. The summed E-state index contributed by atoms with van der Waals surface area (Å²) in [6.07, 6.45) is -4.43. The first-order valence-corrected chi connectivity index (χ1v) is 5.26. The minimum atomic E-state index is -4.43. The fraction of sp³-hybridized carbons (Fsp3) is 0.0769. The van der Waals surface area contributed by atoms with E-state index in [1.54, 1.807) is 0 Å². The monoisotopic (exact) mass is 263 g/mol. The maximum absolute atomic E-state index is 12.6. The number of aromatic nitrogens is 1. The van der Waals surface area contributed by atoms with E-state index in [4.69, 9.17) is 11.0 Å². The number of rotatable bonds is 1. The van der Waals surface area contributed by atoms with Crippen LogP contribution in [0, 0.1) is 11.3 Å². The van der Waals surface area contributed by atoms with Crippen LogP contribution in [0.2, 0.25) is 0 Å². The highest BCUT2D eigenvalue weighted by atomic mass is 19.4. The van der Waals surface area contributed by atoms with Gasteiger partial charge in [0, 0.05) is 5.56 Å². The van der Waals surface area contributed by atoms with Gasteiger partial charge < -0.3 is 5.73 Å². The summed E-state index contributed by atoms with van der Waals surface area (Å²) in [5.41, 5.74) is 5.62. The number of nitrogen functional groups attached to an aromatic ring is 1. The molecule has 0 saturated carbocycles. The minimum absolute atomic E-state index is 0.0987. The van der Waals surface area contributed by atoms with Crippen molar-refractivity contribution >= 4 is 5.69 Å². The molecule has 1 aromatic heterocycles. The molecule has 0 fully saturated rings. The third-order valence-corrected chi connectivity index (χ3v) is 2.50. The number of nitrogens with two attached hydrogens (primary N) is 1. The summed E-state index contributed by atoms with van der Waals surface area (Å²) in [6.45, 7) is 0. The van der Waals surface area contributed by atoms with E-state index < -0.39 is 11.7 Å². The van der Waals surface area contributed by atoms with Gasteiger partial charge in [-0.05, 0) is 24.3 Å². The lowest BCUT2D eigenvalue weighted by molar-refractivity contribution is -0.137. The van der Waals surface area contributed by atoms with Gasteiger partial charge in [0.05, 0.1) is 16.9 Å². The predicted octanol–water partition coefficient (Wildman–Crippen LogP) is 3.22. The highest BCUT2D eigenvalue weighted by Crippen LogP contribution is 2.33. The molecule has 0 atom stereocenters. The highest BCUT2D eigenvalue weighted by molar-refractivity contribution is 5.73. The quantitative estimate of drug-likeness (QED) is 0.859. The molecule has 19 heavy (non-hydrogen) atoms. The number of anilines is 1. The molecule has 0 bridgehead atoms. The van der Waals surface area contributed by atoms with E-state index in [9.17, 15) is 13.2 Å². The van der Waals surface area contributed by atoms with E-state index >= 15 is 0 Å². The third-order valence-electron chi connectivity index (χ3n) is 2.50. The molecule has 2 rings (SSSR count). The van der Waals surface area contributed by atoms with Crippen LogP contribution in [0.15, 0.2) is 36.4 Å². The van der Waals surface area contributed by atoms with Crippen LogP contribution >= 0.6 is 0 Å². The topological polar surface area (TPSA) is 62.7 Å². The molecule has 0 aliphatic heterocycles. The Morgan fingerprint density at radius 1 is 1.16 bits per heavy atom. The van der Waals surface area contributed by atoms with Crippen molar-refractivity contribution < 1.29 is 13.2 Å². The van der Waals surface area contributed by atoms with Crippen molar-refractivity contribution in [2.45, 2.75) is 6.18 Å². The molecule has 1 aromatic carbocycles. The van der Waals surface area contributed by atoms with E-state index in [0.29, 0.717) is 0 Å². The van der Waals surface area contributed by atoms with Crippen LogP contribution in [0.1, 0.15) is 11.3 Å². The molecular formula is C13H8F3N3. The van der Waals surface area contributed by atoms with Crippen molar-refractivity contribution in [2.75, 3.05) is 5.73 Å². The summed E-state index contributed by atoms with van der Waals surface area (Å²) < 4.78 is 37.9. The largest absolute Gasteiger partial charge is 0.416 e. The second-order valence-electron chi connectivity index (χ2n) is 3.82. The number of alkyl halides is 3. The Balaban J connectivity index is 2.57. The minimum Gasteiger partial charge on any atom is -0.397 e. The van der Waals surface area contributed by atoms with Crippen LogP contribution in [0.25, 0.3) is 11.3 Å². The molecule has 0 radical (unpaired) electrons. The maximum atomic E-state index is 12.6. The number of hydrogen-bond donors (Lipinski definition) is 1. The number of hydrogen-bond acceptors (Lipinski definition) is 3. The molecule has 0 amide bonds. The van der Waals surface area contributed by atoms with Gasteiger partial charge >= 0.3 is 6.18 Å². The van der Waals surface area contributed by atoms with Crippen molar-refractivity contribution in [3.05, 3.63) is 47.7 Å². The van der Waals surface area contributed by atoms with Gasteiger partial charge in [-0.15, -0.1) is 0 Å². The number of halogens is 3. The van der Waals surface area contributed by atoms with Crippen molar-refractivity contribution in [2.24, 2.45) is 0 Å². The fourth-order valence-electron chi connectivity index (χ4n) is 1.61. The summed E-state index contributed by atoms with van der Waals surface area (Å²) in [7, 11) is 0. The standard InChI is InChI=1S/C13H8F3N3/c14-13(15,16)9-3-1-2-8(6-9)12-11(18)5-4-10(7-17)19-12/h1-6H,18H2. The van der Waals surface area contributed by atoms with Crippen LogP contribution in [0.4, 0.5) is 18.9 Å². The second kappa shape index (κ2) is 4.61. The van der Waals surface area contributed by atoms with Gasteiger partial charge in [0.1, 0.15) is 11.8 Å². The van der Waals surface area contributed by atoms with E-state index in [2.05, 4.69) is 4.98 Å². The highest BCUT2D eigenvalue weighted by Gasteiger charge is 2.30. The zero-order valence-corrected chi connectivity index (χ0v) is 9.57. The van der Waals surface area contributed by atoms with Crippen LogP contribution < -0.4 is 5.73 Å². The predicted molar refractivity (Wildman–Crippen MR) is 63.8 cm³/mol. The molecule has 1 heterocycles. The molecule has 96 valence electrons. The average molecular weight is 263 g/mol. The Morgan fingerprint density at radius 3 is 2.53 bits per heavy atom. The van der Waals surface area contributed by atoms with E-state index in [1.807, 2.05) is 6.07 Å². The van der Waals surface area contributed by atoms with Gasteiger partial charge in [-0.3, -0.25) is 0 Å². The molecule has 0 aliphatic rings. The summed E-state index contributed by atoms with van der Waals surface area (Å²) in [4.78, 5) is 3.93. The Kier molecular flexibility index (Phi) is 3.13. The molecular weight excluding hydrogens is 255 g/mol. The molecule has 0 spiro atoms. The molecule has 0 saturated heterocycles. The van der Waals surface area contributed by atoms with E-state index in [0.717, 1.165) is 12.1 Å². The molecule has 0 unspecified atom stereocenters. The fourth-order valence-corrected chi connectivity index (χ4v) is 1.61. The Hall–Kier alpha value is -2.55. The lowest BCUT2D eigenvalue weighted by atomic mass is 10.1. The Morgan fingerprint density at radius 2 is 1.89 bits per heavy atom. The average Bonchev–Trinajstić information content (AvgIpc) is 2.38. The molecule has 3 nitrogen and oxygen atoms in total. The van der Waals surface area contributed by atoms with Crippen molar-refractivity contribution in [3.63, 3.8) is 0 Å². The van der Waals surface area contributed by atoms with Crippen molar-refractivity contribution in [3.8, 4) is 17.3 Å². The Labute approximate surface area is 107 Å². The molecule has 2 aromatic rings. The second-order valence-corrected chi connectivity index (χ2v) is 3.82. The van der Waals surface area contributed by atoms with Crippen LogP contribution in [-0.4, -0.2) is 4.98 Å². The summed E-state index contributed by atoms with van der Waals surface area (Å²) in [6, 6.07) is 9.34.